The van der Waals surface area contributed by atoms with Crippen LogP contribution in [0.3, 0.4) is 0 Å². The third kappa shape index (κ3) is 14.2. The molecule has 0 aliphatic heterocycles. The minimum Gasteiger partial charge on any atom is -0.458 e. The van der Waals surface area contributed by atoms with Crippen LogP contribution in [0.1, 0.15) is 65.7 Å². The van der Waals surface area contributed by atoms with Gasteiger partial charge in [0.2, 0.25) is 11.9 Å². The Morgan fingerprint density at radius 2 is 1.43 bits per heavy atom. The monoisotopic (exact) mass is 494 g/mol. The molecule has 1 rings (SSSR count). The van der Waals surface area contributed by atoms with Crippen molar-refractivity contribution in [1.82, 2.24) is 0 Å². The highest BCUT2D eigenvalue weighted by Crippen LogP contribution is 2.17. The Morgan fingerprint density at radius 1 is 0.914 bits per heavy atom. The Labute approximate surface area is 208 Å². The highest BCUT2D eigenvalue weighted by atomic mass is 19.1. The van der Waals surface area contributed by atoms with Gasteiger partial charge in [-0.3, -0.25) is 4.79 Å². The van der Waals surface area contributed by atoms with Gasteiger partial charge in [0.15, 0.2) is 0 Å². The van der Waals surface area contributed by atoms with Gasteiger partial charge in [-0.25, -0.2) is 14.0 Å². The second-order valence-corrected chi connectivity index (χ2v) is 9.67. The summed E-state index contributed by atoms with van der Waals surface area (Å²) in [4.78, 5) is 35.8. The zero-order valence-corrected chi connectivity index (χ0v) is 22.1. The molecule has 0 radical (unpaired) electrons. The summed E-state index contributed by atoms with van der Waals surface area (Å²) in [7, 11) is 0. The Hall–Kier alpha value is -2.84. The van der Waals surface area contributed by atoms with E-state index in [-0.39, 0.29) is 24.2 Å². The number of carbonyl (C=O) groups excluding carboxylic acids is 3. The van der Waals surface area contributed by atoms with E-state index in [1.54, 1.807) is 33.8 Å². The van der Waals surface area contributed by atoms with Crippen LogP contribution in [0, 0.1) is 5.82 Å². The number of carbonyl (C=O) groups is 3. The van der Waals surface area contributed by atoms with E-state index >= 15 is 0 Å². The zero-order chi connectivity index (χ0) is 27.4. The number of hydrogen-bond donors (Lipinski definition) is 0. The van der Waals surface area contributed by atoms with Crippen molar-refractivity contribution in [3.63, 3.8) is 0 Å². The Balaban J connectivity index is 0.000000761. The predicted octanol–water partition coefficient (Wildman–Crippen LogP) is 5.23. The topological polar surface area (TPSA) is 88.1 Å². The lowest BCUT2D eigenvalue weighted by Gasteiger charge is -2.24. The summed E-state index contributed by atoms with van der Waals surface area (Å²) in [5.74, 6) is -2.69. The quantitative estimate of drug-likeness (QED) is 0.190. The zero-order valence-electron chi connectivity index (χ0n) is 22.1. The Bertz CT molecular complexity index is 865. The van der Waals surface area contributed by atoms with Crippen LogP contribution in [0.5, 0.6) is 0 Å². The van der Waals surface area contributed by atoms with Gasteiger partial charge in [0.25, 0.3) is 0 Å². The first-order valence-corrected chi connectivity index (χ1v) is 11.3. The Morgan fingerprint density at radius 3 is 1.89 bits per heavy atom. The second-order valence-electron chi connectivity index (χ2n) is 9.67. The van der Waals surface area contributed by atoms with Crippen molar-refractivity contribution < 1.29 is 37.7 Å². The molecule has 0 amide bonds. The van der Waals surface area contributed by atoms with Crippen LogP contribution in [0.2, 0.25) is 0 Å². The number of hydrogen-bond acceptors (Lipinski definition) is 7. The lowest BCUT2D eigenvalue weighted by Crippen LogP contribution is -2.40. The lowest BCUT2D eigenvalue weighted by molar-refractivity contribution is -0.166. The van der Waals surface area contributed by atoms with Gasteiger partial charge < -0.3 is 18.9 Å². The number of ether oxygens (including phenoxy) is 4. The van der Waals surface area contributed by atoms with Crippen LogP contribution in [0.4, 0.5) is 4.39 Å². The fourth-order valence-corrected chi connectivity index (χ4v) is 2.29. The van der Waals surface area contributed by atoms with E-state index in [1.807, 2.05) is 27.7 Å². The maximum Gasteiger partial charge on any atom is 0.344 e. The van der Waals surface area contributed by atoms with E-state index in [0.717, 1.165) is 6.07 Å². The van der Waals surface area contributed by atoms with Gasteiger partial charge in [0, 0.05) is 0 Å². The van der Waals surface area contributed by atoms with Crippen molar-refractivity contribution >= 4 is 17.7 Å². The van der Waals surface area contributed by atoms with Gasteiger partial charge in [0.1, 0.15) is 23.6 Å². The SMILES string of the molecule is C=CC(C)OC(C(=O)OC(C)(C)C)C(=O)c1ccccc1F.C=CC(C)OCC(=O)OC(C)(C)C. The largest absolute Gasteiger partial charge is 0.458 e. The van der Waals surface area contributed by atoms with E-state index in [0.29, 0.717) is 0 Å². The number of rotatable bonds is 10. The van der Waals surface area contributed by atoms with Crippen LogP contribution in [0.15, 0.2) is 49.6 Å². The number of benzene rings is 1. The average Bonchev–Trinajstić information content (AvgIpc) is 2.73. The second kappa shape index (κ2) is 14.5. The normalized spacial score (nSPS) is 13.9. The molecule has 0 aliphatic rings. The molecule has 0 bridgehead atoms. The minimum atomic E-state index is -1.54. The highest BCUT2D eigenvalue weighted by Gasteiger charge is 2.35. The molecule has 0 spiro atoms. The van der Waals surface area contributed by atoms with E-state index in [1.165, 1.54) is 24.3 Å². The number of ketones is 1. The highest BCUT2D eigenvalue weighted by molar-refractivity contribution is 6.11. The molecule has 3 atom stereocenters. The van der Waals surface area contributed by atoms with Gasteiger partial charge in [0.05, 0.1) is 17.8 Å². The van der Waals surface area contributed by atoms with Crippen molar-refractivity contribution in [2.24, 2.45) is 0 Å². The van der Waals surface area contributed by atoms with Gasteiger partial charge in [-0.1, -0.05) is 24.3 Å². The van der Waals surface area contributed by atoms with Crippen molar-refractivity contribution in [2.75, 3.05) is 6.61 Å². The van der Waals surface area contributed by atoms with Crippen molar-refractivity contribution in [1.29, 1.82) is 0 Å². The first-order chi connectivity index (χ1) is 16.0. The maximum atomic E-state index is 13.8. The molecule has 0 heterocycles. The van der Waals surface area contributed by atoms with E-state index in [4.69, 9.17) is 18.9 Å². The smallest absolute Gasteiger partial charge is 0.344 e. The Kier molecular flexibility index (Phi) is 13.4. The maximum absolute atomic E-state index is 13.8. The fraction of sp³-hybridized carbons (Fsp3) is 0.519. The van der Waals surface area contributed by atoms with Crippen LogP contribution >= 0.6 is 0 Å². The summed E-state index contributed by atoms with van der Waals surface area (Å²) in [5.41, 5.74) is -1.45. The molecule has 0 saturated carbocycles. The predicted molar refractivity (Wildman–Crippen MR) is 133 cm³/mol. The first kappa shape index (κ1) is 32.2. The first-order valence-electron chi connectivity index (χ1n) is 11.3. The molecule has 196 valence electrons. The third-order valence-electron chi connectivity index (χ3n) is 3.90. The standard InChI is InChI=1S/C17H21FO4.C10H18O3/c1-6-11(2)21-15(16(20)22-17(3,4)5)14(19)12-9-7-8-10-13(12)18;1-6-8(2)12-7-9(11)13-10(3,4)5/h6-11,15H,1H2,2-5H3;6,8H,1,7H2,2-5H3. The molecule has 35 heavy (non-hydrogen) atoms. The van der Waals surface area contributed by atoms with E-state index < -0.39 is 41.0 Å². The molecule has 3 unspecified atom stereocenters. The molecule has 8 heteroatoms. The third-order valence-corrected chi connectivity index (χ3v) is 3.90. The van der Waals surface area contributed by atoms with Gasteiger partial charge >= 0.3 is 11.9 Å². The number of esters is 2. The summed E-state index contributed by atoms with van der Waals surface area (Å²) < 4.78 is 34.5. The molecule has 0 N–H and O–H groups in total. The lowest BCUT2D eigenvalue weighted by atomic mass is 10.0. The summed E-state index contributed by atoms with van der Waals surface area (Å²) in [5, 5.41) is 0. The molecule has 1 aromatic rings. The summed E-state index contributed by atoms with van der Waals surface area (Å²) >= 11 is 0. The molecule has 0 aliphatic carbocycles. The molecule has 1 aromatic carbocycles. The van der Waals surface area contributed by atoms with Crippen molar-refractivity contribution in [3.05, 3.63) is 61.0 Å². The van der Waals surface area contributed by atoms with Crippen LogP contribution in [-0.4, -0.2) is 53.8 Å². The van der Waals surface area contributed by atoms with Crippen LogP contribution in [0.25, 0.3) is 0 Å². The molecular weight excluding hydrogens is 455 g/mol. The fourth-order valence-electron chi connectivity index (χ4n) is 2.29. The summed E-state index contributed by atoms with van der Waals surface area (Å²) in [6.45, 7) is 21.0. The molecule has 0 saturated heterocycles. The van der Waals surface area contributed by atoms with E-state index in [2.05, 4.69) is 13.2 Å². The molecule has 7 nitrogen and oxygen atoms in total. The number of halogens is 1. The number of Topliss-reactive ketones (excluding diaryl/α,β-unsaturated/α-hetero) is 1. The molecule has 0 aromatic heterocycles. The van der Waals surface area contributed by atoms with Crippen molar-refractivity contribution in [3.8, 4) is 0 Å². The van der Waals surface area contributed by atoms with E-state index in [9.17, 15) is 18.8 Å². The van der Waals surface area contributed by atoms with Gasteiger partial charge in [-0.05, 0) is 67.5 Å². The van der Waals surface area contributed by atoms with Crippen molar-refractivity contribution in [2.45, 2.75) is 84.9 Å². The average molecular weight is 495 g/mol. The summed E-state index contributed by atoms with van der Waals surface area (Å²) in [6.07, 6.45) is 0.848. The summed E-state index contributed by atoms with van der Waals surface area (Å²) in [6, 6.07) is 5.43. The van der Waals surface area contributed by atoms with Crippen LogP contribution < -0.4 is 0 Å². The van der Waals surface area contributed by atoms with Gasteiger partial charge in [-0.15, -0.1) is 13.2 Å². The molecular formula is C27H39FO7. The van der Waals surface area contributed by atoms with Crippen LogP contribution in [-0.2, 0) is 28.5 Å². The van der Waals surface area contributed by atoms with Gasteiger partial charge in [-0.2, -0.15) is 0 Å². The minimum absolute atomic E-state index is 0.0234. The molecule has 0 fully saturated rings.